The minimum Gasteiger partial charge on any atom is -0.443 e. The molecule has 0 aliphatic heterocycles. The zero-order chi connectivity index (χ0) is 20.5. The van der Waals surface area contributed by atoms with Crippen LogP contribution in [0, 0.1) is 0 Å². The predicted molar refractivity (Wildman–Crippen MR) is 107 cm³/mol. The number of nitrogens with zero attached hydrogens (tertiary/aromatic N) is 2. The lowest BCUT2D eigenvalue weighted by atomic mass is 10.1. The van der Waals surface area contributed by atoms with Gasteiger partial charge in [-0.05, 0) is 72.1 Å². The van der Waals surface area contributed by atoms with Crippen LogP contribution in [0.15, 0.2) is 34.9 Å². The van der Waals surface area contributed by atoms with Crippen molar-refractivity contribution in [2.75, 3.05) is 5.73 Å². The van der Waals surface area contributed by atoms with Gasteiger partial charge in [-0.1, -0.05) is 0 Å². The fraction of sp³-hybridized carbons (Fsp3) is 0.222. The number of nitrogen functional groups attached to an aromatic ring is 1. The van der Waals surface area contributed by atoms with E-state index in [1.165, 1.54) is 0 Å². The number of imide groups is 1. The van der Waals surface area contributed by atoms with Crippen LogP contribution >= 0.6 is 15.9 Å². The number of fused-ring (bicyclic) bond motifs is 1. The number of halogens is 1. The van der Waals surface area contributed by atoms with E-state index < -0.39 is 17.8 Å². The number of rotatable bonds is 2. The van der Waals surface area contributed by atoms with Gasteiger partial charge in [0.2, 0.25) is 0 Å². The number of alkyl carbamates (subject to hydrolysis) is 1. The Balaban J connectivity index is 1.86. The highest BCUT2D eigenvalue weighted by Crippen LogP contribution is 2.34. The number of nitrogens with two attached hydrogens (primary N) is 1. The molecule has 0 saturated carbocycles. The fourth-order valence-electron chi connectivity index (χ4n) is 2.43. The number of hydrogen-bond acceptors (Lipinski definition) is 7. The van der Waals surface area contributed by atoms with Crippen molar-refractivity contribution in [1.82, 2.24) is 20.5 Å². The molecule has 0 bridgehead atoms. The average Bonchev–Trinajstić information content (AvgIpc) is 2.96. The number of benzene rings is 1. The van der Waals surface area contributed by atoms with E-state index in [0.29, 0.717) is 21.2 Å². The Labute approximate surface area is 168 Å². The molecule has 10 heteroatoms. The molecular formula is C18H18BrN5O4. The van der Waals surface area contributed by atoms with Crippen molar-refractivity contribution in [1.29, 1.82) is 0 Å². The van der Waals surface area contributed by atoms with Gasteiger partial charge in [-0.15, -0.1) is 5.10 Å². The molecule has 3 rings (SSSR count). The Kier molecular flexibility index (Phi) is 5.23. The van der Waals surface area contributed by atoms with Gasteiger partial charge in [-0.25, -0.2) is 19.9 Å². The largest absolute Gasteiger partial charge is 0.443 e. The number of pyridine rings is 1. The van der Waals surface area contributed by atoms with Crippen LogP contribution in [0.5, 0.6) is 5.88 Å². The molecule has 1 aromatic carbocycles. The van der Waals surface area contributed by atoms with Crippen LogP contribution in [0.3, 0.4) is 0 Å². The molecule has 4 N–H and O–H groups in total. The smallest absolute Gasteiger partial charge is 0.423 e. The number of hydrogen-bond donors (Lipinski definition) is 3. The summed E-state index contributed by atoms with van der Waals surface area (Å²) in [6, 6.07) is 7.19. The fourth-order valence-corrected chi connectivity index (χ4v) is 2.98. The second kappa shape index (κ2) is 7.47. The Morgan fingerprint density at radius 2 is 1.93 bits per heavy atom. The van der Waals surface area contributed by atoms with E-state index >= 15 is 0 Å². The van der Waals surface area contributed by atoms with Crippen LogP contribution < -0.4 is 15.8 Å². The summed E-state index contributed by atoms with van der Waals surface area (Å²) in [4.78, 5) is 27.7. The van der Waals surface area contributed by atoms with E-state index in [-0.39, 0.29) is 5.88 Å². The summed E-state index contributed by atoms with van der Waals surface area (Å²) in [5.41, 5.74) is 7.29. The van der Waals surface area contributed by atoms with Crippen molar-refractivity contribution in [2.45, 2.75) is 26.4 Å². The van der Waals surface area contributed by atoms with Crippen LogP contribution in [0.4, 0.5) is 15.4 Å². The minimum absolute atomic E-state index is 0.0145. The highest BCUT2D eigenvalue weighted by molar-refractivity contribution is 9.10. The average molecular weight is 448 g/mol. The lowest BCUT2D eigenvalue weighted by Gasteiger charge is -2.18. The number of aromatic nitrogens is 3. The molecule has 0 fully saturated rings. The molecule has 0 atom stereocenters. The number of carbonyl (C=O) groups is 2. The van der Waals surface area contributed by atoms with Crippen molar-refractivity contribution in [3.8, 4) is 17.0 Å². The molecular weight excluding hydrogens is 430 g/mol. The minimum atomic E-state index is -1.00. The van der Waals surface area contributed by atoms with Crippen molar-refractivity contribution < 1.29 is 19.1 Å². The van der Waals surface area contributed by atoms with E-state index in [2.05, 4.69) is 31.1 Å². The molecule has 0 radical (unpaired) electrons. The van der Waals surface area contributed by atoms with E-state index in [9.17, 15) is 9.59 Å². The third-order valence-corrected chi connectivity index (χ3v) is 4.12. The van der Waals surface area contributed by atoms with Crippen molar-refractivity contribution >= 4 is 44.8 Å². The van der Waals surface area contributed by atoms with E-state index in [1.54, 1.807) is 45.2 Å². The number of anilines is 1. The van der Waals surface area contributed by atoms with Gasteiger partial charge in [0.25, 0.3) is 5.88 Å². The molecule has 0 aliphatic rings. The van der Waals surface area contributed by atoms with Crippen molar-refractivity contribution in [3.05, 3.63) is 34.9 Å². The Morgan fingerprint density at radius 3 is 2.61 bits per heavy atom. The van der Waals surface area contributed by atoms with Crippen molar-refractivity contribution in [3.63, 3.8) is 0 Å². The molecule has 0 aliphatic carbocycles. The van der Waals surface area contributed by atoms with Crippen LogP contribution in [-0.2, 0) is 4.74 Å². The first kappa shape index (κ1) is 19.6. The third-order valence-electron chi connectivity index (χ3n) is 3.50. The highest BCUT2D eigenvalue weighted by atomic mass is 79.9. The summed E-state index contributed by atoms with van der Waals surface area (Å²) in [6.45, 7) is 5.05. The number of H-pyrrole nitrogens is 1. The van der Waals surface area contributed by atoms with E-state index in [0.717, 1.165) is 11.1 Å². The summed E-state index contributed by atoms with van der Waals surface area (Å²) in [5.74, 6) is 0.398. The number of carbonyl (C=O) groups excluding carboxylic acids is 2. The lowest BCUT2D eigenvalue weighted by Crippen LogP contribution is -2.37. The number of ether oxygens (including phenoxy) is 2. The zero-order valence-electron chi connectivity index (χ0n) is 15.4. The summed E-state index contributed by atoms with van der Waals surface area (Å²) in [5, 5.41) is 9.33. The number of aromatic amines is 1. The molecule has 2 aromatic heterocycles. The third kappa shape index (κ3) is 4.58. The molecule has 28 heavy (non-hydrogen) atoms. The summed E-state index contributed by atoms with van der Waals surface area (Å²) in [6.07, 6.45) is -0.312. The summed E-state index contributed by atoms with van der Waals surface area (Å²) < 4.78 is 10.9. The maximum absolute atomic E-state index is 12.0. The van der Waals surface area contributed by atoms with Gasteiger partial charge in [0.15, 0.2) is 0 Å². The monoisotopic (exact) mass is 447 g/mol. The molecule has 0 spiro atoms. The molecule has 9 nitrogen and oxygen atoms in total. The maximum atomic E-state index is 12.0. The molecule has 2 amide bonds. The first-order valence-corrected chi connectivity index (χ1v) is 9.03. The summed E-state index contributed by atoms with van der Waals surface area (Å²) in [7, 11) is 0. The van der Waals surface area contributed by atoms with Crippen LogP contribution in [-0.4, -0.2) is 33.0 Å². The van der Waals surface area contributed by atoms with Gasteiger partial charge in [-0.2, -0.15) is 0 Å². The van der Waals surface area contributed by atoms with Crippen LogP contribution in [0.25, 0.3) is 22.0 Å². The molecule has 146 valence electrons. The van der Waals surface area contributed by atoms with Gasteiger partial charge < -0.3 is 15.2 Å². The second-order valence-corrected chi connectivity index (χ2v) is 7.75. The molecule has 2 heterocycles. The van der Waals surface area contributed by atoms with E-state index in [1.807, 2.05) is 11.4 Å². The van der Waals surface area contributed by atoms with Crippen LogP contribution in [0.1, 0.15) is 20.8 Å². The predicted octanol–water partition coefficient (Wildman–Crippen LogP) is 3.99. The molecule has 3 aromatic rings. The second-order valence-electron chi connectivity index (χ2n) is 6.90. The Hall–Kier alpha value is -3.14. The first-order valence-electron chi connectivity index (χ1n) is 8.24. The number of amides is 2. The summed E-state index contributed by atoms with van der Waals surface area (Å²) >= 11 is 3.47. The molecule has 0 saturated heterocycles. The topological polar surface area (TPSA) is 132 Å². The van der Waals surface area contributed by atoms with Crippen molar-refractivity contribution in [2.24, 2.45) is 0 Å². The molecule has 0 unspecified atom stereocenters. The van der Waals surface area contributed by atoms with Gasteiger partial charge in [0, 0.05) is 10.7 Å². The zero-order valence-corrected chi connectivity index (χ0v) is 17.0. The Bertz CT molecular complexity index is 1060. The van der Waals surface area contributed by atoms with Gasteiger partial charge in [0.1, 0.15) is 11.4 Å². The van der Waals surface area contributed by atoms with Gasteiger partial charge in [-0.3, -0.25) is 5.10 Å². The first-order chi connectivity index (χ1) is 13.1. The number of nitrogens with one attached hydrogen (secondary N) is 2. The highest BCUT2D eigenvalue weighted by Gasteiger charge is 2.21. The van der Waals surface area contributed by atoms with Crippen LogP contribution in [0.2, 0.25) is 0 Å². The van der Waals surface area contributed by atoms with Gasteiger partial charge in [0.05, 0.1) is 10.9 Å². The Morgan fingerprint density at radius 1 is 1.18 bits per heavy atom. The van der Waals surface area contributed by atoms with E-state index in [4.69, 9.17) is 15.2 Å². The normalized spacial score (nSPS) is 11.3. The van der Waals surface area contributed by atoms with Gasteiger partial charge >= 0.3 is 12.2 Å². The standard InChI is InChI=1S/C18H18BrN5O4/c1-18(2,3)28-17(26)22-16(25)27-15-11-6-10(7-12(19)14(11)23-24-15)9-4-5-21-13(20)8-9/h4-8H,1-3H3,(H2,20,21)(H,23,24)(H,22,25,26). The maximum Gasteiger partial charge on any atom is 0.423 e. The quantitative estimate of drug-likeness (QED) is 0.540. The SMILES string of the molecule is CC(C)(C)OC(=O)NC(=O)Oc1n[nH]c2c(Br)cc(-c3ccnc(N)c3)cc12. The lowest BCUT2D eigenvalue weighted by molar-refractivity contribution is 0.0533.